The van der Waals surface area contributed by atoms with Gasteiger partial charge in [0, 0.05) is 31.7 Å². The minimum atomic E-state index is -3.64. The Morgan fingerprint density at radius 3 is 2.48 bits per heavy atom. The number of nitrogens with one attached hydrogen (secondary N) is 2. The molecule has 0 bridgehead atoms. The van der Waals surface area contributed by atoms with Gasteiger partial charge in [-0.3, -0.25) is 4.98 Å². The number of pyridine rings is 1. The number of anilines is 1. The van der Waals surface area contributed by atoms with Crippen molar-refractivity contribution in [1.82, 2.24) is 10.3 Å². The minimum Gasteiger partial charge on any atom is -0.380 e. The molecule has 158 valence electrons. The van der Waals surface area contributed by atoms with Crippen LogP contribution in [0.5, 0.6) is 0 Å². The van der Waals surface area contributed by atoms with Gasteiger partial charge in [0.2, 0.25) is 22.0 Å². The van der Waals surface area contributed by atoms with E-state index in [0.29, 0.717) is 13.2 Å². The van der Waals surface area contributed by atoms with Crippen LogP contribution in [0.4, 0.5) is 5.69 Å². The summed E-state index contributed by atoms with van der Waals surface area (Å²) in [5.41, 5.74) is 2.35. The fourth-order valence-electron chi connectivity index (χ4n) is 2.81. The third kappa shape index (κ3) is 5.88. The molecule has 1 aromatic heterocycles. The fraction of sp³-hybridized carbons (Fsp3) is 0.136. The number of methoxy groups -OCH3 is 1. The maximum atomic E-state index is 12.9. The van der Waals surface area contributed by atoms with Crippen LogP contribution in [0, 0.1) is 11.5 Å². The van der Waals surface area contributed by atoms with Gasteiger partial charge in [0.15, 0.2) is 0 Å². The summed E-state index contributed by atoms with van der Waals surface area (Å²) in [6, 6.07) is 16.8. The number of sulfone groups is 1. The molecule has 0 fully saturated rings. The number of benzene rings is 2. The second kappa shape index (κ2) is 10.3. The monoisotopic (exact) mass is 435 g/mol. The van der Waals surface area contributed by atoms with Crippen LogP contribution in [0.15, 0.2) is 87.8 Å². The molecule has 2 aromatic carbocycles. The molecule has 0 aliphatic heterocycles. The third-order valence-electron chi connectivity index (χ3n) is 4.32. The molecular formula is C22H21N5O3S. The van der Waals surface area contributed by atoms with Crippen LogP contribution >= 0.6 is 0 Å². The van der Waals surface area contributed by atoms with Crippen LogP contribution in [0.1, 0.15) is 11.1 Å². The van der Waals surface area contributed by atoms with Gasteiger partial charge in [-0.1, -0.05) is 24.3 Å². The van der Waals surface area contributed by atoms with Crippen LogP contribution < -0.4 is 10.6 Å². The molecule has 0 aliphatic rings. The fourth-order valence-corrected chi connectivity index (χ4v) is 4.14. The van der Waals surface area contributed by atoms with Gasteiger partial charge < -0.3 is 15.4 Å². The number of aromatic nitrogens is 1. The quantitative estimate of drug-likeness (QED) is 0.333. The molecule has 0 radical (unpaired) electrons. The average molecular weight is 436 g/mol. The number of nitrogens with zero attached hydrogens (tertiary/aromatic N) is 3. The normalized spacial score (nSPS) is 11.5. The zero-order valence-electron chi connectivity index (χ0n) is 16.8. The van der Waals surface area contributed by atoms with E-state index in [2.05, 4.69) is 20.6 Å². The molecule has 0 aliphatic carbocycles. The van der Waals surface area contributed by atoms with E-state index in [-0.39, 0.29) is 15.8 Å². The highest BCUT2D eigenvalue weighted by Crippen LogP contribution is 2.22. The predicted molar refractivity (Wildman–Crippen MR) is 117 cm³/mol. The van der Waals surface area contributed by atoms with Crippen LogP contribution in [-0.2, 0) is 27.7 Å². The lowest BCUT2D eigenvalue weighted by atomic mass is 10.2. The van der Waals surface area contributed by atoms with Gasteiger partial charge in [-0.25, -0.2) is 8.42 Å². The molecule has 8 nitrogen and oxygen atoms in total. The van der Waals surface area contributed by atoms with E-state index in [1.807, 2.05) is 6.07 Å². The van der Waals surface area contributed by atoms with E-state index in [0.717, 1.165) is 16.8 Å². The van der Waals surface area contributed by atoms with Gasteiger partial charge in [-0.05, 0) is 47.5 Å². The van der Waals surface area contributed by atoms with Crippen LogP contribution in [0.25, 0.3) is 0 Å². The van der Waals surface area contributed by atoms with Gasteiger partial charge in [0.25, 0.3) is 0 Å². The molecule has 31 heavy (non-hydrogen) atoms. The number of hydrogen-bond donors (Lipinski definition) is 2. The van der Waals surface area contributed by atoms with Gasteiger partial charge in [0.1, 0.15) is 0 Å². The topological polar surface area (TPSA) is 116 Å². The maximum absolute atomic E-state index is 12.9. The molecule has 3 aromatic rings. The summed E-state index contributed by atoms with van der Waals surface area (Å²) in [5.74, 6) is 0.278. The summed E-state index contributed by atoms with van der Waals surface area (Å²) < 4.78 is 30.9. The van der Waals surface area contributed by atoms with Crippen molar-refractivity contribution in [3.05, 3.63) is 84.2 Å². The summed E-state index contributed by atoms with van der Waals surface area (Å²) in [5, 5.41) is 14.9. The van der Waals surface area contributed by atoms with E-state index in [1.165, 1.54) is 0 Å². The number of aliphatic imine (C=N–C) groups is 1. The Kier molecular flexibility index (Phi) is 7.32. The van der Waals surface area contributed by atoms with Crippen molar-refractivity contribution in [3.8, 4) is 6.19 Å². The third-order valence-corrected chi connectivity index (χ3v) is 6.09. The van der Waals surface area contributed by atoms with E-state index in [9.17, 15) is 8.42 Å². The van der Waals surface area contributed by atoms with Gasteiger partial charge >= 0.3 is 0 Å². The molecule has 0 amide bonds. The number of ether oxygens (including phenoxy) is 1. The Hall–Kier alpha value is -3.74. The van der Waals surface area contributed by atoms with Gasteiger partial charge in [-0.2, -0.15) is 5.26 Å². The van der Waals surface area contributed by atoms with Crippen molar-refractivity contribution in [3.63, 3.8) is 0 Å². The molecule has 0 saturated carbocycles. The SMILES string of the molecule is COCc1cccc(S(=O)(=O)c2ccc(CNC(=NC#N)Nc3ccncc3)cc2)c1. The Balaban J connectivity index is 1.70. The van der Waals surface area contributed by atoms with Crippen molar-refractivity contribution in [2.45, 2.75) is 22.9 Å². The Morgan fingerprint density at radius 2 is 1.81 bits per heavy atom. The summed E-state index contributed by atoms with van der Waals surface area (Å²) in [6.45, 7) is 0.691. The highest BCUT2D eigenvalue weighted by Gasteiger charge is 2.18. The average Bonchev–Trinajstić information content (AvgIpc) is 2.79. The van der Waals surface area contributed by atoms with Gasteiger partial charge in [0.05, 0.1) is 16.4 Å². The van der Waals surface area contributed by atoms with Crippen molar-refractivity contribution < 1.29 is 13.2 Å². The lowest BCUT2D eigenvalue weighted by Crippen LogP contribution is -2.30. The summed E-state index contributed by atoms with van der Waals surface area (Å²) in [4.78, 5) is 8.08. The van der Waals surface area contributed by atoms with Crippen LogP contribution in [0.2, 0.25) is 0 Å². The molecule has 0 saturated heterocycles. The van der Waals surface area contributed by atoms with E-state index in [4.69, 9.17) is 10.00 Å². The lowest BCUT2D eigenvalue weighted by Gasteiger charge is -2.11. The number of rotatable bonds is 7. The molecular weight excluding hydrogens is 414 g/mol. The Bertz CT molecular complexity index is 1190. The first kappa shape index (κ1) is 22.0. The van der Waals surface area contributed by atoms with E-state index >= 15 is 0 Å². The van der Waals surface area contributed by atoms with E-state index < -0.39 is 9.84 Å². The molecule has 2 N–H and O–H groups in total. The first-order chi connectivity index (χ1) is 15.0. The number of nitriles is 1. The minimum absolute atomic E-state index is 0.201. The summed E-state index contributed by atoms with van der Waals surface area (Å²) >= 11 is 0. The van der Waals surface area contributed by atoms with Gasteiger partial charge in [-0.15, -0.1) is 4.99 Å². The molecule has 9 heteroatoms. The smallest absolute Gasteiger partial charge is 0.212 e. The van der Waals surface area contributed by atoms with Crippen molar-refractivity contribution in [2.75, 3.05) is 12.4 Å². The second-order valence-corrected chi connectivity index (χ2v) is 8.45. The maximum Gasteiger partial charge on any atom is 0.212 e. The summed E-state index contributed by atoms with van der Waals surface area (Å²) in [6.07, 6.45) is 4.99. The highest BCUT2D eigenvalue weighted by molar-refractivity contribution is 7.91. The van der Waals surface area contributed by atoms with Crippen LogP contribution in [-0.4, -0.2) is 26.5 Å². The van der Waals surface area contributed by atoms with Crippen molar-refractivity contribution in [2.24, 2.45) is 4.99 Å². The standard InChI is InChI=1S/C22H21N5O3S/c1-30-15-18-3-2-4-21(13-18)31(28,29)20-7-5-17(6-8-20)14-25-22(26-16-23)27-19-9-11-24-12-10-19/h2-13H,14-15H2,1H3,(H2,24,25,26,27). The Morgan fingerprint density at radius 1 is 1.06 bits per heavy atom. The largest absolute Gasteiger partial charge is 0.380 e. The van der Waals surface area contributed by atoms with Crippen LogP contribution in [0.3, 0.4) is 0 Å². The van der Waals surface area contributed by atoms with Crippen molar-refractivity contribution >= 4 is 21.5 Å². The number of hydrogen-bond acceptors (Lipinski definition) is 6. The molecule has 1 heterocycles. The molecule has 3 rings (SSSR count). The van der Waals surface area contributed by atoms with Crippen molar-refractivity contribution in [1.29, 1.82) is 5.26 Å². The second-order valence-electron chi connectivity index (χ2n) is 6.50. The molecule has 0 spiro atoms. The lowest BCUT2D eigenvalue weighted by molar-refractivity contribution is 0.184. The zero-order valence-corrected chi connectivity index (χ0v) is 17.6. The molecule has 0 atom stereocenters. The highest BCUT2D eigenvalue weighted by atomic mass is 32.2. The van der Waals surface area contributed by atoms with E-state index in [1.54, 1.807) is 80.3 Å². The molecule has 0 unspecified atom stereocenters. The first-order valence-corrected chi connectivity index (χ1v) is 10.8. The summed E-state index contributed by atoms with van der Waals surface area (Å²) in [7, 11) is -2.08. The zero-order chi connectivity index (χ0) is 22.1. The first-order valence-electron chi connectivity index (χ1n) is 9.32. The number of guanidine groups is 1. The predicted octanol–water partition coefficient (Wildman–Crippen LogP) is 3.10. The Labute approximate surface area is 181 Å².